The largest absolute Gasteiger partial charge is 0.264 e. The van der Waals surface area contributed by atoms with Gasteiger partial charge in [0, 0.05) is 27.9 Å². The summed E-state index contributed by atoms with van der Waals surface area (Å²) in [5.74, 6) is 0. The first-order valence-corrected chi connectivity index (χ1v) is 8.89. The van der Waals surface area contributed by atoms with Gasteiger partial charge in [-0.25, -0.2) is 13.1 Å². The molecule has 0 saturated carbocycles. The van der Waals surface area contributed by atoms with Crippen molar-refractivity contribution in [2.75, 3.05) is 6.54 Å². The van der Waals surface area contributed by atoms with E-state index in [4.69, 9.17) is 0 Å². The Balaban J connectivity index is 2.04. The minimum Gasteiger partial charge on any atom is -0.264 e. The van der Waals surface area contributed by atoms with Gasteiger partial charge in [-0.2, -0.15) is 0 Å². The lowest BCUT2D eigenvalue weighted by molar-refractivity contribution is 0.581. The van der Waals surface area contributed by atoms with Gasteiger partial charge in [0.05, 0.1) is 4.90 Å². The summed E-state index contributed by atoms with van der Waals surface area (Å²) in [5.41, 5.74) is 0.991. The van der Waals surface area contributed by atoms with Crippen LogP contribution in [0.5, 0.6) is 0 Å². The van der Waals surface area contributed by atoms with E-state index in [1.165, 1.54) is 0 Å². The van der Waals surface area contributed by atoms with Crippen molar-refractivity contribution in [3.05, 3.63) is 57.2 Å². The van der Waals surface area contributed by atoms with Gasteiger partial charge in [-0.3, -0.25) is 4.98 Å². The molecule has 106 valence electrons. The molecule has 0 aliphatic carbocycles. The molecule has 0 aliphatic rings. The third kappa shape index (κ3) is 4.12. The zero-order valence-corrected chi connectivity index (χ0v) is 14.4. The van der Waals surface area contributed by atoms with E-state index in [0.29, 0.717) is 17.4 Å². The average molecular weight is 420 g/mol. The number of hydrogen-bond acceptors (Lipinski definition) is 3. The van der Waals surface area contributed by atoms with Gasteiger partial charge >= 0.3 is 0 Å². The lowest BCUT2D eigenvalue weighted by atomic mass is 10.2. The summed E-state index contributed by atoms with van der Waals surface area (Å²) >= 11 is 6.55. The van der Waals surface area contributed by atoms with Gasteiger partial charge in [-0.05, 0) is 52.2 Å². The molecule has 0 amide bonds. The molecule has 1 aromatic heterocycles. The Morgan fingerprint density at radius 2 is 2.00 bits per heavy atom. The molecule has 1 aromatic carbocycles. The van der Waals surface area contributed by atoms with Crippen LogP contribution < -0.4 is 4.72 Å². The maximum atomic E-state index is 12.2. The number of aromatic nitrogens is 1. The molecular weight excluding hydrogens is 408 g/mol. The van der Waals surface area contributed by atoms with E-state index in [2.05, 4.69) is 41.6 Å². The van der Waals surface area contributed by atoms with E-state index < -0.39 is 10.0 Å². The highest BCUT2D eigenvalue weighted by atomic mass is 79.9. The fraction of sp³-hybridized carbons (Fsp3) is 0.154. The van der Waals surface area contributed by atoms with Crippen molar-refractivity contribution >= 4 is 41.9 Å². The smallest absolute Gasteiger partial charge is 0.241 e. The SMILES string of the molecule is O=S(=O)(NCCc1cccnc1)c1ccc(Br)cc1Br. The molecule has 4 nitrogen and oxygen atoms in total. The van der Waals surface area contributed by atoms with E-state index in [1.54, 1.807) is 30.6 Å². The van der Waals surface area contributed by atoms with Gasteiger partial charge in [0.2, 0.25) is 10.0 Å². The zero-order chi connectivity index (χ0) is 14.6. The molecule has 0 saturated heterocycles. The summed E-state index contributed by atoms with van der Waals surface area (Å²) in [6, 6.07) is 8.70. The Labute approximate surface area is 134 Å². The molecule has 0 aliphatic heterocycles. The molecule has 20 heavy (non-hydrogen) atoms. The summed E-state index contributed by atoms with van der Waals surface area (Å²) < 4.78 is 28.3. The Morgan fingerprint density at radius 3 is 2.65 bits per heavy atom. The van der Waals surface area contributed by atoms with E-state index >= 15 is 0 Å². The Bertz CT molecular complexity index is 691. The van der Waals surface area contributed by atoms with Crippen LogP contribution in [0.4, 0.5) is 0 Å². The molecule has 0 radical (unpaired) electrons. The van der Waals surface area contributed by atoms with Crippen LogP contribution in [-0.2, 0) is 16.4 Å². The number of nitrogens with zero attached hydrogens (tertiary/aromatic N) is 1. The third-order valence-corrected chi connectivity index (χ3v) is 5.54. The molecule has 2 aromatic rings. The number of rotatable bonds is 5. The normalized spacial score (nSPS) is 11.5. The minimum atomic E-state index is -3.52. The van der Waals surface area contributed by atoms with Gasteiger partial charge in [-0.1, -0.05) is 22.0 Å². The van der Waals surface area contributed by atoms with Crippen LogP contribution in [0.25, 0.3) is 0 Å². The van der Waals surface area contributed by atoms with Crippen molar-refractivity contribution in [2.24, 2.45) is 0 Å². The Morgan fingerprint density at radius 1 is 1.20 bits per heavy atom. The lowest BCUT2D eigenvalue weighted by Crippen LogP contribution is -2.26. The van der Waals surface area contributed by atoms with Crippen molar-refractivity contribution in [1.29, 1.82) is 0 Å². The predicted molar refractivity (Wildman–Crippen MR) is 85.0 cm³/mol. The Hall–Kier alpha value is -0.760. The quantitative estimate of drug-likeness (QED) is 0.809. The van der Waals surface area contributed by atoms with E-state index in [-0.39, 0.29) is 4.90 Å². The molecular formula is C13H12Br2N2O2S. The molecule has 0 fully saturated rings. The summed E-state index contributed by atoms with van der Waals surface area (Å²) in [6.07, 6.45) is 4.01. The van der Waals surface area contributed by atoms with Gasteiger partial charge in [-0.15, -0.1) is 0 Å². The van der Waals surface area contributed by atoms with Crippen LogP contribution in [0.15, 0.2) is 56.6 Å². The van der Waals surface area contributed by atoms with E-state index in [9.17, 15) is 8.42 Å². The first kappa shape index (κ1) is 15.6. The molecule has 2 rings (SSSR count). The zero-order valence-electron chi connectivity index (χ0n) is 10.4. The monoisotopic (exact) mass is 418 g/mol. The van der Waals surface area contributed by atoms with Crippen LogP contribution >= 0.6 is 31.9 Å². The molecule has 7 heteroatoms. The summed E-state index contributed by atoms with van der Waals surface area (Å²) in [7, 11) is -3.52. The first-order valence-electron chi connectivity index (χ1n) is 5.83. The van der Waals surface area contributed by atoms with Crippen LogP contribution in [0, 0.1) is 0 Å². The highest BCUT2D eigenvalue weighted by Gasteiger charge is 2.17. The van der Waals surface area contributed by atoms with Crippen molar-refractivity contribution in [1.82, 2.24) is 9.71 Å². The summed E-state index contributed by atoms with van der Waals surface area (Å²) in [5, 5.41) is 0. The lowest BCUT2D eigenvalue weighted by Gasteiger charge is -2.08. The molecule has 1 N–H and O–H groups in total. The number of hydrogen-bond donors (Lipinski definition) is 1. The van der Waals surface area contributed by atoms with E-state index in [0.717, 1.165) is 10.0 Å². The average Bonchev–Trinajstić information content (AvgIpc) is 2.39. The number of sulfonamides is 1. The van der Waals surface area contributed by atoms with Crippen molar-refractivity contribution < 1.29 is 8.42 Å². The number of pyridine rings is 1. The highest BCUT2D eigenvalue weighted by Crippen LogP contribution is 2.25. The Kier molecular flexibility index (Phi) is 5.31. The van der Waals surface area contributed by atoms with Crippen LogP contribution in [0.1, 0.15) is 5.56 Å². The van der Waals surface area contributed by atoms with Gasteiger partial charge in [0.1, 0.15) is 0 Å². The summed E-state index contributed by atoms with van der Waals surface area (Å²) in [4.78, 5) is 4.22. The van der Waals surface area contributed by atoms with Crippen LogP contribution in [0.3, 0.4) is 0 Å². The number of benzene rings is 1. The van der Waals surface area contributed by atoms with Crippen LogP contribution in [0.2, 0.25) is 0 Å². The van der Waals surface area contributed by atoms with Gasteiger partial charge in [0.25, 0.3) is 0 Å². The molecule has 0 bridgehead atoms. The second-order valence-corrected chi connectivity index (χ2v) is 7.59. The van der Waals surface area contributed by atoms with Crippen molar-refractivity contribution in [3.63, 3.8) is 0 Å². The van der Waals surface area contributed by atoms with Crippen molar-refractivity contribution in [2.45, 2.75) is 11.3 Å². The highest BCUT2D eigenvalue weighted by molar-refractivity contribution is 9.11. The second kappa shape index (κ2) is 6.80. The maximum Gasteiger partial charge on any atom is 0.241 e. The standard InChI is InChI=1S/C13H12Br2N2O2S/c14-11-3-4-13(12(15)8-11)20(18,19)17-7-5-10-2-1-6-16-9-10/h1-4,6,8-9,17H,5,7H2. The number of halogens is 2. The predicted octanol–water partition coefficient (Wildman–Crippen LogP) is 3.13. The van der Waals surface area contributed by atoms with Crippen LogP contribution in [-0.4, -0.2) is 19.9 Å². The van der Waals surface area contributed by atoms with Gasteiger partial charge in [0.15, 0.2) is 0 Å². The molecule has 1 heterocycles. The van der Waals surface area contributed by atoms with Crippen molar-refractivity contribution in [3.8, 4) is 0 Å². The van der Waals surface area contributed by atoms with E-state index in [1.807, 2.05) is 12.1 Å². The minimum absolute atomic E-state index is 0.229. The maximum absolute atomic E-state index is 12.2. The molecule has 0 unspecified atom stereocenters. The molecule has 0 atom stereocenters. The number of nitrogens with one attached hydrogen (secondary N) is 1. The van der Waals surface area contributed by atoms with Gasteiger partial charge < -0.3 is 0 Å². The summed E-state index contributed by atoms with van der Waals surface area (Å²) in [6.45, 7) is 0.330. The third-order valence-electron chi connectivity index (χ3n) is 2.61. The fourth-order valence-corrected chi connectivity index (χ4v) is 4.42. The second-order valence-electron chi connectivity index (χ2n) is 4.08. The fourth-order valence-electron chi connectivity index (χ4n) is 1.65. The molecule has 0 spiro atoms. The topological polar surface area (TPSA) is 59.1 Å². The first-order chi connectivity index (χ1) is 9.49.